The molecule has 0 aliphatic rings. The molecule has 4 heteroatoms. The predicted molar refractivity (Wildman–Crippen MR) is 88.4 cm³/mol. The van der Waals surface area contributed by atoms with Crippen molar-refractivity contribution in [3.63, 3.8) is 0 Å². The van der Waals surface area contributed by atoms with Crippen LogP contribution in [-0.4, -0.2) is 17.2 Å². The Hall–Kier alpha value is -0.670. The maximum atomic E-state index is 12.3. The van der Waals surface area contributed by atoms with Crippen molar-refractivity contribution in [2.45, 2.75) is 50.8 Å². The third kappa shape index (κ3) is 5.37. The fourth-order valence-electron chi connectivity index (χ4n) is 2.16. The van der Waals surface area contributed by atoms with Crippen molar-refractivity contribution < 1.29 is 4.79 Å². The van der Waals surface area contributed by atoms with Gasteiger partial charge >= 0.3 is 0 Å². The number of halogens is 1. The third-order valence-corrected chi connectivity index (χ3v) is 4.61. The van der Waals surface area contributed by atoms with Crippen molar-refractivity contribution in [3.05, 3.63) is 29.3 Å². The van der Waals surface area contributed by atoms with E-state index in [0.29, 0.717) is 16.9 Å². The molecule has 0 radical (unpaired) electrons. The Balaban J connectivity index is 2.60. The van der Waals surface area contributed by atoms with Crippen LogP contribution in [0.3, 0.4) is 0 Å². The summed E-state index contributed by atoms with van der Waals surface area (Å²) >= 11 is 7.42. The van der Waals surface area contributed by atoms with Gasteiger partial charge < -0.3 is 5.32 Å². The van der Waals surface area contributed by atoms with Crippen LogP contribution in [0.15, 0.2) is 29.2 Å². The second-order valence-electron chi connectivity index (χ2n) is 5.74. The molecule has 1 aromatic rings. The number of rotatable bonds is 6. The topological polar surface area (TPSA) is 29.1 Å². The summed E-state index contributed by atoms with van der Waals surface area (Å²) in [5, 5.41) is 3.76. The molecule has 0 bridgehead atoms. The van der Waals surface area contributed by atoms with Gasteiger partial charge in [-0.1, -0.05) is 39.3 Å². The Bertz CT molecular complexity index is 423. The van der Waals surface area contributed by atoms with E-state index in [1.165, 1.54) is 0 Å². The van der Waals surface area contributed by atoms with E-state index in [1.54, 1.807) is 11.8 Å². The highest BCUT2D eigenvalue weighted by Crippen LogP contribution is 2.25. The van der Waals surface area contributed by atoms with Crippen LogP contribution in [-0.2, 0) is 4.79 Å². The van der Waals surface area contributed by atoms with Crippen LogP contribution >= 0.6 is 23.4 Å². The number of amides is 1. The number of nitrogens with one attached hydrogen (secondary N) is 1. The van der Waals surface area contributed by atoms with Crippen molar-refractivity contribution >= 4 is 29.3 Å². The van der Waals surface area contributed by atoms with Crippen molar-refractivity contribution in [1.29, 1.82) is 0 Å². The average molecular weight is 314 g/mol. The number of carbonyl (C=O) groups excluding carboxylic acids is 1. The number of thioether (sulfide) groups is 1. The smallest absolute Gasteiger partial charge is 0.233 e. The molecule has 112 valence electrons. The molecule has 0 saturated carbocycles. The summed E-state index contributed by atoms with van der Waals surface area (Å²) in [5.74, 6) is 0.968. The lowest BCUT2D eigenvalue weighted by Crippen LogP contribution is -2.45. The Labute approximate surface area is 131 Å². The minimum absolute atomic E-state index is 0.0948. The monoisotopic (exact) mass is 313 g/mol. The maximum absolute atomic E-state index is 12.3. The molecule has 0 saturated heterocycles. The molecule has 0 spiro atoms. The summed E-state index contributed by atoms with van der Waals surface area (Å²) in [6.45, 7) is 10.5. The number of carbonyl (C=O) groups is 1. The van der Waals surface area contributed by atoms with Crippen molar-refractivity contribution in [3.8, 4) is 0 Å². The molecule has 2 nitrogen and oxygen atoms in total. The standard InChI is InChI=1S/C16H24ClNOS/c1-10(2)15(11(3)4)18-16(19)12(5)20-14-8-6-13(17)7-9-14/h6-12,15H,1-5H3,(H,18,19)/t12-/m1/s1. The number of hydrogen-bond acceptors (Lipinski definition) is 2. The molecule has 1 aromatic carbocycles. The van der Waals surface area contributed by atoms with Gasteiger partial charge in [0.05, 0.1) is 5.25 Å². The van der Waals surface area contributed by atoms with Gasteiger partial charge in [0.1, 0.15) is 0 Å². The van der Waals surface area contributed by atoms with Gasteiger partial charge in [-0.15, -0.1) is 11.8 Å². The number of benzene rings is 1. The van der Waals surface area contributed by atoms with E-state index in [2.05, 4.69) is 33.0 Å². The normalized spacial score (nSPS) is 13.1. The Morgan fingerprint density at radius 2 is 1.55 bits per heavy atom. The van der Waals surface area contributed by atoms with Gasteiger partial charge in [0.2, 0.25) is 5.91 Å². The molecule has 0 fully saturated rings. The van der Waals surface area contributed by atoms with Crippen LogP contribution in [0.2, 0.25) is 5.02 Å². The summed E-state index contributed by atoms with van der Waals surface area (Å²) in [6, 6.07) is 7.80. The van der Waals surface area contributed by atoms with Crippen LogP contribution in [0.25, 0.3) is 0 Å². The SMILES string of the molecule is CC(C)C(NC(=O)[C@@H](C)Sc1ccc(Cl)cc1)C(C)C. The molecule has 1 rings (SSSR count). The lowest BCUT2D eigenvalue weighted by molar-refractivity contribution is -0.121. The lowest BCUT2D eigenvalue weighted by Gasteiger charge is -2.27. The molecule has 0 aliphatic heterocycles. The predicted octanol–water partition coefficient (Wildman–Crippen LogP) is 4.62. The molecule has 1 amide bonds. The van der Waals surface area contributed by atoms with Gasteiger partial charge in [0.25, 0.3) is 0 Å². The van der Waals surface area contributed by atoms with Gasteiger partial charge in [0.15, 0.2) is 0 Å². The first-order valence-electron chi connectivity index (χ1n) is 7.04. The minimum Gasteiger partial charge on any atom is -0.352 e. The van der Waals surface area contributed by atoms with Gasteiger partial charge in [-0.2, -0.15) is 0 Å². The van der Waals surface area contributed by atoms with Crippen molar-refractivity contribution in [2.24, 2.45) is 11.8 Å². The van der Waals surface area contributed by atoms with E-state index in [0.717, 1.165) is 4.90 Å². The van der Waals surface area contributed by atoms with E-state index in [4.69, 9.17) is 11.6 Å². The fourth-order valence-corrected chi connectivity index (χ4v) is 3.16. The molecular weight excluding hydrogens is 290 g/mol. The van der Waals surface area contributed by atoms with E-state index < -0.39 is 0 Å². The summed E-state index contributed by atoms with van der Waals surface area (Å²) in [6.07, 6.45) is 0. The van der Waals surface area contributed by atoms with E-state index in [-0.39, 0.29) is 17.2 Å². The van der Waals surface area contributed by atoms with Gasteiger partial charge in [-0.25, -0.2) is 0 Å². The molecular formula is C16H24ClNOS. The zero-order valence-corrected chi connectivity index (χ0v) is 14.4. The molecule has 0 aromatic heterocycles. The zero-order valence-electron chi connectivity index (χ0n) is 12.8. The summed E-state index contributed by atoms with van der Waals surface area (Å²) in [5.41, 5.74) is 0. The molecule has 1 N–H and O–H groups in total. The summed E-state index contributed by atoms with van der Waals surface area (Å²) in [7, 11) is 0. The maximum Gasteiger partial charge on any atom is 0.233 e. The van der Waals surface area contributed by atoms with E-state index in [9.17, 15) is 4.79 Å². The first-order chi connectivity index (χ1) is 9.31. The Morgan fingerprint density at radius 3 is 2.00 bits per heavy atom. The highest BCUT2D eigenvalue weighted by atomic mass is 35.5. The molecule has 1 atom stereocenters. The van der Waals surface area contributed by atoms with Gasteiger partial charge in [0, 0.05) is 16.0 Å². The van der Waals surface area contributed by atoms with Crippen molar-refractivity contribution in [2.75, 3.05) is 0 Å². The highest BCUT2D eigenvalue weighted by Gasteiger charge is 2.23. The van der Waals surface area contributed by atoms with E-state index in [1.807, 2.05) is 31.2 Å². The third-order valence-electron chi connectivity index (χ3n) is 3.24. The quantitative estimate of drug-likeness (QED) is 0.777. The summed E-state index contributed by atoms with van der Waals surface area (Å²) < 4.78 is 0. The van der Waals surface area contributed by atoms with Crippen LogP contribution in [0.4, 0.5) is 0 Å². The number of hydrogen-bond donors (Lipinski definition) is 1. The molecule has 0 aliphatic carbocycles. The van der Waals surface area contributed by atoms with Gasteiger partial charge in [-0.05, 0) is 43.0 Å². The molecule has 0 heterocycles. The lowest BCUT2D eigenvalue weighted by atomic mass is 9.93. The van der Waals surface area contributed by atoms with Crippen molar-refractivity contribution in [1.82, 2.24) is 5.32 Å². The highest BCUT2D eigenvalue weighted by molar-refractivity contribution is 8.00. The van der Waals surface area contributed by atoms with Gasteiger partial charge in [-0.3, -0.25) is 4.79 Å². The fraction of sp³-hybridized carbons (Fsp3) is 0.562. The summed E-state index contributed by atoms with van der Waals surface area (Å²) in [4.78, 5) is 13.3. The minimum atomic E-state index is -0.115. The van der Waals surface area contributed by atoms with Crippen LogP contribution in [0, 0.1) is 11.8 Å². The zero-order chi connectivity index (χ0) is 15.3. The Kier molecular flexibility index (Phi) is 6.90. The largest absolute Gasteiger partial charge is 0.352 e. The van der Waals surface area contributed by atoms with Crippen LogP contribution in [0.1, 0.15) is 34.6 Å². The second-order valence-corrected chi connectivity index (χ2v) is 7.59. The molecule has 20 heavy (non-hydrogen) atoms. The first-order valence-corrected chi connectivity index (χ1v) is 8.29. The van der Waals surface area contributed by atoms with E-state index >= 15 is 0 Å². The van der Waals surface area contributed by atoms with Crippen LogP contribution in [0.5, 0.6) is 0 Å². The second kappa shape index (κ2) is 7.94. The first kappa shape index (κ1) is 17.4. The Morgan fingerprint density at radius 1 is 1.05 bits per heavy atom. The average Bonchev–Trinajstić information content (AvgIpc) is 2.37. The van der Waals surface area contributed by atoms with Crippen LogP contribution < -0.4 is 5.32 Å². The molecule has 0 unspecified atom stereocenters.